The van der Waals surface area contributed by atoms with Gasteiger partial charge < -0.3 is 18.9 Å². The van der Waals surface area contributed by atoms with Gasteiger partial charge in [0.1, 0.15) is 18.2 Å². The van der Waals surface area contributed by atoms with Crippen LogP contribution in [0.2, 0.25) is 0 Å². The summed E-state index contributed by atoms with van der Waals surface area (Å²) >= 11 is 0. The first-order valence-electron chi connectivity index (χ1n) is 9.78. The number of rotatable bonds is 4. The summed E-state index contributed by atoms with van der Waals surface area (Å²) in [7, 11) is 3.18. The smallest absolute Gasteiger partial charge is 0.232 e. The maximum Gasteiger partial charge on any atom is 0.232 e. The summed E-state index contributed by atoms with van der Waals surface area (Å²) in [5.74, 6) is 2.91. The van der Waals surface area contributed by atoms with Crippen LogP contribution in [0.3, 0.4) is 0 Å². The van der Waals surface area contributed by atoms with Crippen LogP contribution in [0.5, 0.6) is 23.0 Å². The first kappa shape index (κ1) is 18.1. The van der Waals surface area contributed by atoms with Gasteiger partial charge in [-0.25, -0.2) is 0 Å². The second-order valence-electron chi connectivity index (χ2n) is 7.68. The Balaban J connectivity index is 1.52. The van der Waals surface area contributed by atoms with Gasteiger partial charge >= 0.3 is 0 Å². The number of ether oxygens (including phenoxy) is 4. The number of carbonyl (C=O) groups excluding carboxylic acids is 1. The van der Waals surface area contributed by atoms with E-state index in [0.717, 1.165) is 29.0 Å². The molecule has 1 aliphatic carbocycles. The highest BCUT2D eigenvalue weighted by Gasteiger charge is 2.38. The SMILES string of the molecule is COc1ccc(C=C2Oc3c4c(cc(C)c3C2=O)OCN(C2CC2)C4)cc1OC. The van der Waals surface area contributed by atoms with E-state index in [1.807, 2.05) is 31.2 Å². The predicted octanol–water partition coefficient (Wildman–Crippen LogP) is 3.94. The van der Waals surface area contributed by atoms with Crippen LogP contribution in [0.15, 0.2) is 30.0 Å². The summed E-state index contributed by atoms with van der Waals surface area (Å²) in [5, 5.41) is 0. The number of benzene rings is 2. The van der Waals surface area contributed by atoms with Crippen molar-refractivity contribution in [3.63, 3.8) is 0 Å². The normalized spacial score (nSPS) is 19.4. The van der Waals surface area contributed by atoms with Gasteiger partial charge in [-0.2, -0.15) is 0 Å². The molecule has 29 heavy (non-hydrogen) atoms. The highest BCUT2D eigenvalue weighted by Crippen LogP contribution is 2.45. The lowest BCUT2D eigenvalue weighted by atomic mass is 9.98. The minimum Gasteiger partial charge on any atom is -0.493 e. The standard InChI is InChI=1S/C23H23NO5/c1-13-8-18-16(11-24(12-28-18)15-5-6-15)23-21(13)22(25)20(29-23)10-14-4-7-17(26-2)19(9-14)27-3/h4,7-10,15H,5-6,11-12H2,1-3H3. The molecule has 0 unspecified atom stereocenters. The van der Waals surface area contributed by atoms with Gasteiger partial charge in [-0.15, -0.1) is 0 Å². The van der Waals surface area contributed by atoms with Crippen LogP contribution in [0.1, 0.15) is 39.9 Å². The molecule has 150 valence electrons. The average Bonchev–Trinajstić information content (AvgIpc) is 3.53. The molecule has 0 atom stereocenters. The highest BCUT2D eigenvalue weighted by molar-refractivity contribution is 6.15. The number of hydrogen-bond acceptors (Lipinski definition) is 6. The molecule has 0 amide bonds. The summed E-state index contributed by atoms with van der Waals surface area (Å²) in [4.78, 5) is 15.4. The van der Waals surface area contributed by atoms with E-state index < -0.39 is 0 Å². The lowest BCUT2D eigenvalue weighted by Crippen LogP contribution is -2.34. The molecule has 0 saturated heterocycles. The van der Waals surface area contributed by atoms with E-state index in [0.29, 0.717) is 41.3 Å². The third-order valence-corrected chi connectivity index (χ3v) is 5.72. The van der Waals surface area contributed by atoms with Crippen LogP contribution >= 0.6 is 0 Å². The minimum atomic E-state index is -0.0985. The van der Waals surface area contributed by atoms with Crippen molar-refractivity contribution < 1.29 is 23.7 Å². The van der Waals surface area contributed by atoms with Crippen LogP contribution in [-0.2, 0) is 6.54 Å². The molecule has 2 aliphatic heterocycles. The number of methoxy groups -OCH3 is 2. The zero-order chi connectivity index (χ0) is 20.1. The summed E-state index contributed by atoms with van der Waals surface area (Å²) in [6.07, 6.45) is 4.16. The van der Waals surface area contributed by atoms with Gasteiger partial charge in [0.25, 0.3) is 0 Å². The van der Waals surface area contributed by atoms with Crippen molar-refractivity contribution in [2.45, 2.75) is 32.4 Å². The lowest BCUT2D eigenvalue weighted by Gasteiger charge is -2.30. The molecule has 0 aromatic heterocycles. The van der Waals surface area contributed by atoms with Gasteiger partial charge in [-0.1, -0.05) is 6.07 Å². The summed E-state index contributed by atoms with van der Waals surface area (Å²) in [6.45, 7) is 3.27. The number of aryl methyl sites for hydroxylation is 1. The molecule has 2 aromatic carbocycles. The van der Waals surface area contributed by atoms with Crippen LogP contribution in [0.25, 0.3) is 6.08 Å². The average molecular weight is 393 g/mol. The molecule has 2 aromatic rings. The fraction of sp³-hybridized carbons (Fsp3) is 0.348. The predicted molar refractivity (Wildman–Crippen MR) is 108 cm³/mol. The Kier molecular flexibility index (Phi) is 4.24. The molecule has 0 spiro atoms. The number of fused-ring (bicyclic) bond motifs is 3. The van der Waals surface area contributed by atoms with Crippen LogP contribution in [0.4, 0.5) is 0 Å². The Morgan fingerprint density at radius 3 is 2.66 bits per heavy atom. The molecule has 6 heteroatoms. The highest BCUT2D eigenvalue weighted by atomic mass is 16.5. The maximum atomic E-state index is 13.1. The van der Waals surface area contributed by atoms with Gasteiger partial charge in [0, 0.05) is 12.6 Å². The van der Waals surface area contributed by atoms with Gasteiger partial charge in [-0.05, 0) is 55.2 Å². The lowest BCUT2D eigenvalue weighted by molar-refractivity contribution is 0.0867. The van der Waals surface area contributed by atoms with E-state index in [1.165, 1.54) is 12.8 Å². The Labute approximate surface area is 169 Å². The van der Waals surface area contributed by atoms with Gasteiger partial charge in [-0.3, -0.25) is 9.69 Å². The largest absolute Gasteiger partial charge is 0.493 e. The van der Waals surface area contributed by atoms with Crippen LogP contribution in [-0.4, -0.2) is 37.7 Å². The van der Waals surface area contributed by atoms with Crippen LogP contribution in [0, 0.1) is 6.92 Å². The van der Waals surface area contributed by atoms with E-state index in [4.69, 9.17) is 18.9 Å². The molecule has 6 nitrogen and oxygen atoms in total. The fourth-order valence-electron chi connectivity index (χ4n) is 4.01. The molecular weight excluding hydrogens is 370 g/mol. The number of ketones is 1. The van der Waals surface area contributed by atoms with E-state index in [2.05, 4.69) is 4.90 Å². The number of hydrogen-bond donors (Lipinski definition) is 0. The van der Waals surface area contributed by atoms with Gasteiger partial charge in [0.15, 0.2) is 17.3 Å². The number of carbonyl (C=O) groups is 1. The molecule has 1 saturated carbocycles. The third kappa shape index (κ3) is 3.04. The Bertz CT molecular complexity index is 1040. The number of Topliss-reactive ketones (excluding diaryl/α,β-unsaturated/α-hetero) is 1. The molecule has 2 heterocycles. The summed E-state index contributed by atoms with van der Waals surface area (Å²) < 4.78 is 22.7. The monoisotopic (exact) mass is 393 g/mol. The summed E-state index contributed by atoms with van der Waals surface area (Å²) in [6, 6.07) is 8.05. The van der Waals surface area contributed by atoms with Crippen molar-refractivity contribution in [2.24, 2.45) is 0 Å². The molecule has 0 N–H and O–H groups in total. The van der Waals surface area contributed by atoms with E-state index in [-0.39, 0.29) is 5.78 Å². The molecule has 5 rings (SSSR count). The van der Waals surface area contributed by atoms with Gasteiger partial charge in [0.2, 0.25) is 5.78 Å². The number of nitrogens with zero attached hydrogens (tertiary/aromatic N) is 1. The molecule has 0 bridgehead atoms. The number of allylic oxidation sites excluding steroid dienone is 1. The Morgan fingerprint density at radius 2 is 1.93 bits per heavy atom. The second kappa shape index (κ2) is 6.81. The van der Waals surface area contributed by atoms with Crippen LogP contribution < -0.4 is 18.9 Å². The van der Waals surface area contributed by atoms with Crippen molar-refractivity contribution in [3.05, 3.63) is 52.3 Å². The maximum absolute atomic E-state index is 13.1. The molecule has 3 aliphatic rings. The first-order chi connectivity index (χ1) is 14.1. The molecular formula is C23H23NO5. The van der Waals surface area contributed by atoms with E-state index in [9.17, 15) is 4.79 Å². The van der Waals surface area contributed by atoms with E-state index in [1.54, 1.807) is 20.3 Å². The third-order valence-electron chi connectivity index (χ3n) is 5.72. The molecule has 0 radical (unpaired) electrons. The van der Waals surface area contributed by atoms with Crippen molar-refractivity contribution >= 4 is 11.9 Å². The zero-order valence-electron chi connectivity index (χ0n) is 16.8. The summed E-state index contributed by atoms with van der Waals surface area (Å²) in [5.41, 5.74) is 3.28. The molecule has 1 fully saturated rings. The minimum absolute atomic E-state index is 0.0985. The zero-order valence-corrected chi connectivity index (χ0v) is 16.8. The van der Waals surface area contributed by atoms with Crippen molar-refractivity contribution in [2.75, 3.05) is 21.0 Å². The van der Waals surface area contributed by atoms with E-state index >= 15 is 0 Å². The van der Waals surface area contributed by atoms with Gasteiger partial charge in [0.05, 0.1) is 25.3 Å². The fourth-order valence-corrected chi connectivity index (χ4v) is 4.01. The second-order valence-corrected chi connectivity index (χ2v) is 7.68. The first-order valence-corrected chi connectivity index (χ1v) is 9.78. The quantitative estimate of drug-likeness (QED) is 0.734. The Hall–Kier alpha value is -2.99. The topological polar surface area (TPSA) is 57.2 Å². The Morgan fingerprint density at radius 1 is 1.14 bits per heavy atom. The van der Waals surface area contributed by atoms with Crippen molar-refractivity contribution in [3.8, 4) is 23.0 Å². The van der Waals surface area contributed by atoms with Crippen molar-refractivity contribution in [1.29, 1.82) is 0 Å². The van der Waals surface area contributed by atoms with Crippen molar-refractivity contribution in [1.82, 2.24) is 4.90 Å².